The van der Waals surface area contributed by atoms with E-state index in [4.69, 9.17) is 9.97 Å². The molecule has 6 aromatic rings. The Morgan fingerprint density at radius 1 is 0.341 bits per heavy atom. The number of nitrogens with zero attached hydrogens (tertiary/aromatic N) is 2. The van der Waals surface area contributed by atoms with Crippen molar-refractivity contribution in [1.82, 2.24) is 9.97 Å². The lowest BCUT2D eigenvalue weighted by atomic mass is 10.0. The highest BCUT2D eigenvalue weighted by Crippen LogP contribution is 2.73. The summed E-state index contributed by atoms with van der Waals surface area (Å²) in [6.07, 6.45) is 4.74. The molecule has 8 rings (SSSR count). The average Bonchev–Trinajstić information content (AvgIpc) is 3.75. The Balaban J connectivity index is 1.37. The number of benzene rings is 5. The average molecular weight is 607 g/mol. The van der Waals surface area contributed by atoms with Crippen LogP contribution in [-0.2, 0) is 0 Å². The third-order valence-corrected chi connectivity index (χ3v) is 16.2. The molecule has 1 aromatic heterocycles. The lowest BCUT2D eigenvalue weighted by molar-refractivity contribution is 0.765. The minimum atomic E-state index is -0.663. The van der Waals surface area contributed by atoms with Gasteiger partial charge in [-0.05, 0) is 75.9 Å². The van der Waals surface area contributed by atoms with E-state index in [-0.39, 0.29) is 0 Å². The van der Waals surface area contributed by atoms with Crippen molar-refractivity contribution in [3.05, 3.63) is 168 Å². The number of hydrogen-bond donors (Lipinski definition) is 0. The second-order valence-electron chi connectivity index (χ2n) is 12.0. The summed E-state index contributed by atoms with van der Waals surface area (Å²) in [5.74, 6) is 0. The van der Waals surface area contributed by atoms with Crippen molar-refractivity contribution >= 4 is 37.7 Å². The fourth-order valence-corrected chi connectivity index (χ4v) is 15.0. The van der Waals surface area contributed by atoms with Gasteiger partial charge in [-0.15, -0.1) is 0 Å². The first-order valence-corrected chi connectivity index (χ1v) is 18.8. The van der Waals surface area contributed by atoms with Gasteiger partial charge in [-0.3, -0.25) is 0 Å². The molecule has 216 valence electrons. The number of aromatic nitrogens is 2. The van der Waals surface area contributed by atoms with E-state index in [1.807, 2.05) is 0 Å². The van der Waals surface area contributed by atoms with Crippen LogP contribution in [0.4, 0.5) is 0 Å². The first-order chi connectivity index (χ1) is 21.8. The largest absolute Gasteiger partial charge is 0.244 e. The zero-order chi connectivity index (χ0) is 29.3. The van der Waals surface area contributed by atoms with E-state index in [2.05, 4.69) is 146 Å². The quantitative estimate of drug-likeness (QED) is 0.176. The smallest absolute Gasteiger partial charge is 0.0909 e. The van der Waals surface area contributed by atoms with Gasteiger partial charge >= 0.3 is 0 Å². The van der Waals surface area contributed by atoms with Gasteiger partial charge in [0.25, 0.3) is 0 Å². The van der Waals surface area contributed by atoms with Crippen LogP contribution in [0, 0.1) is 0 Å². The number of hydrogen-bond acceptors (Lipinski definition) is 2. The van der Waals surface area contributed by atoms with Crippen molar-refractivity contribution in [1.29, 1.82) is 0 Å². The van der Waals surface area contributed by atoms with Crippen molar-refractivity contribution in [2.45, 2.75) is 48.3 Å². The molecule has 5 aromatic carbocycles. The zero-order valence-corrected chi connectivity index (χ0v) is 26.6. The maximum Gasteiger partial charge on any atom is 0.0909 e. The molecule has 0 saturated carbocycles. The minimum Gasteiger partial charge on any atom is -0.244 e. The summed E-state index contributed by atoms with van der Waals surface area (Å²) in [7, 11) is -1.33. The van der Waals surface area contributed by atoms with Gasteiger partial charge in [-0.25, -0.2) is 9.97 Å². The Hall–Kier alpha value is -3.70. The molecule has 3 heterocycles. The van der Waals surface area contributed by atoms with E-state index in [1.165, 1.54) is 58.8 Å². The third kappa shape index (κ3) is 5.19. The lowest BCUT2D eigenvalue weighted by Gasteiger charge is -2.32. The maximum absolute atomic E-state index is 5.69. The first kappa shape index (κ1) is 27.8. The number of rotatable bonds is 6. The van der Waals surface area contributed by atoms with Crippen molar-refractivity contribution in [3.63, 3.8) is 0 Å². The highest BCUT2D eigenvalue weighted by molar-refractivity contribution is 7.72. The summed E-state index contributed by atoms with van der Waals surface area (Å²) < 4.78 is 0. The van der Waals surface area contributed by atoms with E-state index < -0.39 is 15.8 Å². The molecule has 4 heteroatoms. The van der Waals surface area contributed by atoms with Crippen LogP contribution in [0.25, 0.3) is 11.0 Å². The lowest BCUT2D eigenvalue weighted by Crippen LogP contribution is -2.31. The number of fused-ring (bicyclic) bond motifs is 1. The van der Waals surface area contributed by atoms with Crippen LogP contribution in [0.1, 0.15) is 70.6 Å². The summed E-state index contributed by atoms with van der Waals surface area (Å²) in [6, 6.07) is 53.6. The van der Waals surface area contributed by atoms with Crippen LogP contribution in [0.2, 0.25) is 0 Å². The molecular formula is C40H36N2P2. The summed E-state index contributed by atoms with van der Waals surface area (Å²) in [6.45, 7) is 0. The molecule has 2 nitrogen and oxygen atoms in total. The van der Waals surface area contributed by atoms with E-state index in [0.29, 0.717) is 22.6 Å². The molecule has 2 saturated heterocycles. The van der Waals surface area contributed by atoms with Gasteiger partial charge in [0.2, 0.25) is 0 Å². The fourth-order valence-electron chi connectivity index (χ4n) is 7.55. The minimum absolute atomic E-state index is 0.466. The summed E-state index contributed by atoms with van der Waals surface area (Å²) in [5, 5.41) is 0. The molecule has 0 N–H and O–H groups in total. The Kier molecular flexibility index (Phi) is 7.81. The topological polar surface area (TPSA) is 25.8 Å². The summed E-state index contributed by atoms with van der Waals surface area (Å²) in [5.41, 5.74) is 12.4. The summed E-state index contributed by atoms with van der Waals surface area (Å²) >= 11 is 0. The molecule has 0 spiro atoms. The van der Waals surface area contributed by atoms with Crippen molar-refractivity contribution < 1.29 is 0 Å². The van der Waals surface area contributed by atoms with Gasteiger partial charge in [0.15, 0.2) is 0 Å². The van der Waals surface area contributed by atoms with Crippen LogP contribution in [0.15, 0.2) is 146 Å². The first-order valence-electron chi connectivity index (χ1n) is 15.9. The standard InChI is InChI=1S/C40H36N2P2/c1-5-15-29(16-6-1)35-25-26-36(30-17-7-2-8-18-30)43(35)39-40(42-34-24-14-13-23-33(34)41-39)44-37(31-19-9-3-10-20-31)27-28-38(44)32-21-11-4-12-22-32/h1-24,35-38H,25-28H2/t35-,36-,37-,38-/m1/s1. The van der Waals surface area contributed by atoms with Gasteiger partial charge in [0, 0.05) is 22.6 Å². The van der Waals surface area contributed by atoms with E-state index in [1.54, 1.807) is 0 Å². The predicted octanol–water partition coefficient (Wildman–Crippen LogP) is 10.4. The molecule has 2 aliphatic rings. The Morgan fingerprint density at radius 2 is 0.591 bits per heavy atom. The fraction of sp³-hybridized carbons (Fsp3) is 0.200. The van der Waals surface area contributed by atoms with Gasteiger partial charge in [0.1, 0.15) is 0 Å². The van der Waals surface area contributed by atoms with Crippen LogP contribution < -0.4 is 10.9 Å². The van der Waals surface area contributed by atoms with Gasteiger partial charge < -0.3 is 0 Å². The van der Waals surface area contributed by atoms with Gasteiger partial charge in [0.05, 0.1) is 21.9 Å². The van der Waals surface area contributed by atoms with Crippen LogP contribution >= 0.6 is 15.8 Å². The molecule has 2 aliphatic heterocycles. The molecule has 4 atom stereocenters. The molecule has 2 fully saturated rings. The third-order valence-electron chi connectivity index (χ3n) is 9.53. The molecule has 0 aliphatic carbocycles. The van der Waals surface area contributed by atoms with Crippen molar-refractivity contribution in [2.75, 3.05) is 0 Å². The zero-order valence-electron chi connectivity index (χ0n) is 24.8. The van der Waals surface area contributed by atoms with Gasteiger partial charge in [-0.1, -0.05) is 133 Å². The highest BCUT2D eigenvalue weighted by Gasteiger charge is 2.46. The van der Waals surface area contributed by atoms with E-state index in [9.17, 15) is 0 Å². The van der Waals surface area contributed by atoms with Gasteiger partial charge in [-0.2, -0.15) is 0 Å². The second kappa shape index (κ2) is 12.4. The Bertz CT molecular complexity index is 1610. The Labute approximate surface area is 263 Å². The maximum atomic E-state index is 5.69. The van der Waals surface area contributed by atoms with Crippen molar-refractivity contribution in [3.8, 4) is 0 Å². The highest BCUT2D eigenvalue weighted by atomic mass is 31.1. The monoisotopic (exact) mass is 606 g/mol. The molecule has 44 heavy (non-hydrogen) atoms. The molecule has 0 amide bonds. The summed E-state index contributed by atoms with van der Waals surface area (Å²) in [4.78, 5) is 11.4. The SMILES string of the molecule is c1ccc([C@H]2CC[C@H](c3ccccc3)P2c2nc3ccccc3nc2P2[C@@H](c3ccccc3)CC[C@@H]2c2ccccc2)cc1. The molecular weight excluding hydrogens is 570 g/mol. The number of para-hydroxylation sites is 2. The molecule has 0 bridgehead atoms. The predicted molar refractivity (Wildman–Crippen MR) is 188 cm³/mol. The second-order valence-corrected chi connectivity index (χ2v) is 17.0. The van der Waals surface area contributed by atoms with Crippen LogP contribution in [-0.4, -0.2) is 9.97 Å². The Morgan fingerprint density at radius 3 is 0.864 bits per heavy atom. The molecule has 0 radical (unpaired) electrons. The van der Waals surface area contributed by atoms with E-state index in [0.717, 1.165) is 11.0 Å². The van der Waals surface area contributed by atoms with Crippen LogP contribution in [0.3, 0.4) is 0 Å². The van der Waals surface area contributed by atoms with E-state index >= 15 is 0 Å². The molecule has 0 unspecified atom stereocenters. The normalized spacial score (nSPS) is 22.5. The van der Waals surface area contributed by atoms with Crippen LogP contribution in [0.5, 0.6) is 0 Å². The van der Waals surface area contributed by atoms with Crippen molar-refractivity contribution in [2.24, 2.45) is 0 Å².